The van der Waals surface area contributed by atoms with Crippen LogP contribution in [0.3, 0.4) is 0 Å². The molecule has 0 bridgehead atoms. The number of benzene rings is 1. The molecule has 24 heavy (non-hydrogen) atoms. The van der Waals surface area contributed by atoms with Gasteiger partial charge >= 0.3 is 0 Å². The summed E-state index contributed by atoms with van der Waals surface area (Å²) in [7, 11) is 0. The van der Waals surface area contributed by atoms with E-state index in [1.165, 1.54) is 18.2 Å². The minimum atomic E-state index is -0.646. The number of carbonyl (C=O) groups excluding carboxylic acids is 1. The van der Waals surface area contributed by atoms with Crippen molar-refractivity contribution in [3.63, 3.8) is 0 Å². The number of carbonyl (C=O) groups is 1. The quantitative estimate of drug-likeness (QED) is 0.897. The molecule has 1 aromatic heterocycles. The fourth-order valence-electron chi connectivity index (χ4n) is 2.79. The van der Waals surface area contributed by atoms with Crippen molar-refractivity contribution in [2.24, 2.45) is 5.92 Å². The van der Waals surface area contributed by atoms with Crippen molar-refractivity contribution in [2.75, 3.05) is 23.3 Å². The summed E-state index contributed by atoms with van der Waals surface area (Å²) in [6.07, 6.45) is 3.90. The summed E-state index contributed by atoms with van der Waals surface area (Å²) in [5.41, 5.74) is 0.349. The number of amides is 1. The highest BCUT2D eigenvalue weighted by Crippen LogP contribution is 2.23. The van der Waals surface area contributed by atoms with Crippen LogP contribution in [0.4, 0.5) is 15.9 Å². The van der Waals surface area contributed by atoms with Crippen molar-refractivity contribution < 1.29 is 9.18 Å². The Morgan fingerprint density at radius 2 is 2.04 bits per heavy atom. The summed E-state index contributed by atoms with van der Waals surface area (Å²) >= 11 is 5.91. The van der Waals surface area contributed by atoms with E-state index in [0.717, 1.165) is 37.7 Å². The molecule has 6 heteroatoms. The fraction of sp³-hybridized carbons (Fsp3) is 0.333. The van der Waals surface area contributed by atoms with E-state index >= 15 is 0 Å². The molecule has 1 saturated heterocycles. The zero-order chi connectivity index (χ0) is 17.1. The molecule has 1 aromatic carbocycles. The smallest absolute Gasteiger partial charge is 0.260 e. The molecular weight excluding hydrogens is 329 g/mol. The molecule has 0 saturated carbocycles. The normalized spacial score (nSPS) is 15.4. The number of piperidine rings is 1. The van der Waals surface area contributed by atoms with E-state index in [1.807, 2.05) is 6.07 Å². The number of hydrogen-bond donors (Lipinski definition) is 1. The van der Waals surface area contributed by atoms with Crippen molar-refractivity contribution in [1.29, 1.82) is 0 Å². The topological polar surface area (TPSA) is 45.2 Å². The van der Waals surface area contributed by atoms with Crippen LogP contribution >= 0.6 is 11.6 Å². The second kappa shape index (κ2) is 7.18. The van der Waals surface area contributed by atoms with Gasteiger partial charge in [0.25, 0.3) is 5.91 Å². The Labute approximate surface area is 145 Å². The molecule has 2 aromatic rings. The van der Waals surface area contributed by atoms with Gasteiger partial charge in [-0.1, -0.05) is 24.6 Å². The molecule has 1 fully saturated rings. The molecule has 0 unspecified atom stereocenters. The van der Waals surface area contributed by atoms with Crippen LogP contribution < -0.4 is 10.2 Å². The summed E-state index contributed by atoms with van der Waals surface area (Å²) < 4.78 is 13.8. The third kappa shape index (κ3) is 3.67. The van der Waals surface area contributed by atoms with Gasteiger partial charge in [-0.25, -0.2) is 9.37 Å². The average molecular weight is 348 g/mol. The van der Waals surface area contributed by atoms with E-state index in [2.05, 4.69) is 22.1 Å². The number of nitrogens with zero attached hydrogens (tertiary/aromatic N) is 2. The van der Waals surface area contributed by atoms with Crippen LogP contribution in [0.5, 0.6) is 0 Å². The maximum Gasteiger partial charge on any atom is 0.260 e. The van der Waals surface area contributed by atoms with Gasteiger partial charge in [-0.3, -0.25) is 4.79 Å². The lowest BCUT2D eigenvalue weighted by Crippen LogP contribution is -2.33. The van der Waals surface area contributed by atoms with Crippen molar-refractivity contribution in [3.8, 4) is 0 Å². The molecule has 1 N–H and O–H groups in total. The first kappa shape index (κ1) is 16.7. The Hall–Kier alpha value is -2.14. The average Bonchev–Trinajstić information content (AvgIpc) is 2.56. The third-order valence-corrected chi connectivity index (χ3v) is 4.62. The Morgan fingerprint density at radius 3 is 2.67 bits per heavy atom. The molecule has 2 heterocycles. The van der Waals surface area contributed by atoms with Gasteiger partial charge in [0.05, 0.1) is 22.5 Å². The molecule has 4 nitrogen and oxygen atoms in total. The molecular formula is C18H19ClFN3O. The minimum absolute atomic E-state index is 0.0829. The van der Waals surface area contributed by atoms with E-state index < -0.39 is 11.7 Å². The van der Waals surface area contributed by atoms with E-state index in [0.29, 0.717) is 5.69 Å². The predicted octanol–water partition coefficient (Wildman–Crippen LogP) is 4.36. The zero-order valence-electron chi connectivity index (χ0n) is 13.4. The largest absolute Gasteiger partial charge is 0.357 e. The minimum Gasteiger partial charge on any atom is -0.357 e. The van der Waals surface area contributed by atoms with Gasteiger partial charge in [-0.15, -0.1) is 0 Å². The second-order valence-electron chi connectivity index (χ2n) is 6.13. The van der Waals surface area contributed by atoms with Gasteiger partial charge in [0.1, 0.15) is 11.6 Å². The molecule has 0 atom stereocenters. The van der Waals surface area contributed by atoms with Crippen LogP contribution in [-0.2, 0) is 0 Å². The SMILES string of the molecule is CC1CCN(c2ccc(NC(=O)c3c(F)cccc3Cl)cn2)CC1. The summed E-state index contributed by atoms with van der Waals surface area (Å²) in [6.45, 7) is 4.24. The highest BCUT2D eigenvalue weighted by atomic mass is 35.5. The van der Waals surface area contributed by atoms with Gasteiger partial charge in [-0.05, 0) is 43.0 Å². The lowest BCUT2D eigenvalue weighted by molar-refractivity contribution is 0.102. The van der Waals surface area contributed by atoms with Crippen molar-refractivity contribution in [1.82, 2.24) is 4.98 Å². The van der Waals surface area contributed by atoms with E-state index in [-0.39, 0.29) is 10.6 Å². The molecule has 1 aliphatic heterocycles. The number of halogens is 2. The van der Waals surface area contributed by atoms with E-state index in [9.17, 15) is 9.18 Å². The molecule has 0 aliphatic carbocycles. The Morgan fingerprint density at radius 1 is 1.29 bits per heavy atom. The van der Waals surface area contributed by atoms with Crippen LogP contribution in [0.15, 0.2) is 36.5 Å². The Kier molecular flexibility index (Phi) is 5.00. The van der Waals surface area contributed by atoms with Gasteiger partial charge < -0.3 is 10.2 Å². The Balaban J connectivity index is 1.69. The van der Waals surface area contributed by atoms with Gasteiger partial charge in [0.2, 0.25) is 0 Å². The first-order valence-electron chi connectivity index (χ1n) is 8.01. The van der Waals surface area contributed by atoms with Gasteiger partial charge in [0.15, 0.2) is 0 Å². The van der Waals surface area contributed by atoms with E-state index in [4.69, 9.17) is 11.6 Å². The van der Waals surface area contributed by atoms with Crippen LogP contribution in [0.25, 0.3) is 0 Å². The summed E-state index contributed by atoms with van der Waals surface area (Å²) in [6, 6.07) is 7.80. The highest BCUT2D eigenvalue weighted by Gasteiger charge is 2.18. The first-order chi connectivity index (χ1) is 11.5. The second-order valence-corrected chi connectivity index (χ2v) is 6.53. The predicted molar refractivity (Wildman–Crippen MR) is 94.2 cm³/mol. The standard InChI is InChI=1S/C18H19ClFN3O/c1-12-7-9-23(10-8-12)16-6-5-13(11-21-16)22-18(24)17-14(19)3-2-4-15(17)20/h2-6,11-12H,7-10H2,1H3,(H,22,24). The number of hydrogen-bond acceptors (Lipinski definition) is 3. The van der Waals surface area contributed by atoms with Crippen LogP contribution in [-0.4, -0.2) is 24.0 Å². The summed E-state index contributed by atoms with van der Waals surface area (Å²) in [5.74, 6) is 0.417. The van der Waals surface area contributed by atoms with Gasteiger partial charge in [-0.2, -0.15) is 0 Å². The number of nitrogens with one attached hydrogen (secondary N) is 1. The van der Waals surface area contributed by atoms with E-state index in [1.54, 1.807) is 12.3 Å². The van der Waals surface area contributed by atoms with Gasteiger partial charge in [0, 0.05) is 13.1 Å². The maximum atomic E-state index is 13.8. The highest BCUT2D eigenvalue weighted by molar-refractivity contribution is 6.34. The summed E-state index contributed by atoms with van der Waals surface area (Å²) in [5, 5.41) is 2.72. The zero-order valence-corrected chi connectivity index (χ0v) is 14.2. The monoisotopic (exact) mass is 347 g/mol. The molecule has 0 spiro atoms. The third-order valence-electron chi connectivity index (χ3n) is 4.30. The lowest BCUT2D eigenvalue weighted by atomic mass is 9.99. The Bertz CT molecular complexity index is 707. The maximum absolute atomic E-state index is 13.8. The van der Waals surface area contributed by atoms with Crippen molar-refractivity contribution >= 4 is 29.0 Å². The number of anilines is 2. The molecule has 3 rings (SSSR count). The first-order valence-corrected chi connectivity index (χ1v) is 8.39. The molecule has 1 amide bonds. The molecule has 0 radical (unpaired) electrons. The lowest BCUT2D eigenvalue weighted by Gasteiger charge is -2.31. The van der Waals surface area contributed by atoms with Crippen molar-refractivity contribution in [2.45, 2.75) is 19.8 Å². The fourth-order valence-corrected chi connectivity index (χ4v) is 3.04. The molecule has 126 valence electrons. The van der Waals surface area contributed by atoms with Crippen LogP contribution in [0.2, 0.25) is 5.02 Å². The van der Waals surface area contributed by atoms with Crippen LogP contribution in [0, 0.1) is 11.7 Å². The van der Waals surface area contributed by atoms with Crippen LogP contribution in [0.1, 0.15) is 30.1 Å². The molecule has 1 aliphatic rings. The summed E-state index contributed by atoms with van der Waals surface area (Å²) in [4.78, 5) is 18.8. The number of rotatable bonds is 3. The number of aromatic nitrogens is 1. The number of pyridine rings is 1. The van der Waals surface area contributed by atoms with Crippen molar-refractivity contribution in [3.05, 3.63) is 52.9 Å².